The van der Waals surface area contributed by atoms with E-state index in [1.54, 1.807) is 5.57 Å². The summed E-state index contributed by atoms with van der Waals surface area (Å²) in [6.07, 6.45) is 13.4. The standard InChI is InChI=1S/C42H72F3NO/c1-27(2)20-21-46-26-36-10-8-9-11-37(41(36)28(3)4)31(7)38-25-35(18-14-30(38)6)40(47)24-33-17-19-34(39(23-33)42(43,44)45)22-32-15-12-29(5)13-16-32/h11,27-36,38-39,41,46H,8-10,12-26H2,1-7H3. The van der Waals surface area contributed by atoms with Gasteiger partial charge in [0.15, 0.2) is 0 Å². The second-order valence-corrected chi connectivity index (χ2v) is 18.1. The van der Waals surface area contributed by atoms with E-state index in [1.807, 2.05) is 0 Å². The maximum atomic E-state index is 14.4. The fourth-order valence-electron chi connectivity index (χ4n) is 10.8. The lowest BCUT2D eigenvalue weighted by molar-refractivity contribution is -0.203. The number of allylic oxidation sites excluding steroid dienone is 2. The molecule has 0 amide bonds. The fraction of sp³-hybridized carbons (Fsp3) is 0.929. The maximum absolute atomic E-state index is 14.4. The van der Waals surface area contributed by atoms with E-state index in [2.05, 4.69) is 59.9 Å². The molecular formula is C42H72F3NO. The summed E-state index contributed by atoms with van der Waals surface area (Å²) >= 11 is 0. The molecule has 0 aromatic carbocycles. The van der Waals surface area contributed by atoms with Crippen molar-refractivity contribution in [3.05, 3.63) is 11.6 Å². The first kappa shape index (κ1) is 39.0. The molecule has 0 aliphatic heterocycles. The predicted octanol–water partition coefficient (Wildman–Crippen LogP) is 12.1. The van der Waals surface area contributed by atoms with Crippen molar-refractivity contribution >= 4 is 5.78 Å². The fourth-order valence-corrected chi connectivity index (χ4v) is 10.8. The maximum Gasteiger partial charge on any atom is 0.392 e. The molecule has 47 heavy (non-hydrogen) atoms. The third-order valence-corrected chi connectivity index (χ3v) is 13.7. The van der Waals surface area contributed by atoms with E-state index in [0.717, 1.165) is 83.2 Å². The Bertz CT molecular complexity index is 979. The van der Waals surface area contributed by atoms with Crippen LogP contribution in [0.3, 0.4) is 0 Å². The minimum absolute atomic E-state index is 0.0160. The molecule has 3 fully saturated rings. The Hall–Kier alpha value is -0.840. The van der Waals surface area contributed by atoms with Crippen molar-refractivity contribution in [2.45, 2.75) is 157 Å². The zero-order valence-corrected chi connectivity index (χ0v) is 31.4. The Balaban J connectivity index is 1.37. The minimum Gasteiger partial charge on any atom is -0.316 e. The van der Waals surface area contributed by atoms with Gasteiger partial charge in [0.05, 0.1) is 5.92 Å². The van der Waals surface area contributed by atoms with Gasteiger partial charge >= 0.3 is 6.18 Å². The van der Waals surface area contributed by atoms with Crippen LogP contribution in [0.15, 0.2) is 11.6 Å². The van der Waals surface area contributed by atoms with Crippen molar-refractivity contribution in [2.75, 3.05) is 13.1 Å². The van der Waals surface area contributed by atoms with Crippen molar-refractivity contribution in [2.24, 2.45) is 76.9 Å². The van der Waals surface area contributed by atoms with E-state index in [4.69, 9.17) is 0 Å². The first-order chi connectivity index (χ1) is 22.2. The van der Waals surface area contributed by atoms with Crippen LogP contribution in [0.5, 0.6) is 0 Å². The summed E-state index contributed by atoms with van der Waals surface area (Å²) in [4.78, 5) is 13.9. The number of nitrogens with one attached hydrogen (secondary N) is 1. The molecule has 0 aromatic rings. The number of carbonyl (C=O) groups excluding carboxylic acids is 1. The van der Waals surface area contributed by atoms with Crippen molar-refractivity contribution < 1.29 is 18.0 Å². The lowest BCUT2D eigenvalue weighted by Crippen LogP contribution is -2.39. The highest BCUT2D eigenvalue weighted by Crippen LogP contribution is 2.50. The van der Waals surface area contributed by atoms with Gasteiger partial charge in [-0.3, -0.25) is 4.79 Å². The molecule has 4 rings (SSSR count). The van der Waals surface area contributed by atoms with Crippen LogP contribution < -0.4 is 5.32 Å². The summed E-state index contributed by atoms with van der Waals surface area (Å²) in [5, 5.41) is 3.80. The van der Waals surface area contributed by atoms with Crippen LogP contribution in [0.25, 0.3) is 0 Å². The molecule has 0 radical (unpaired) electrons. The molecule has 5 heteroatoms. The van der Waals surface area contributed by atoms with E-state index in [-0.39, 0.29) is 30.0 Å². The molecule has 0 bridgehead atoms. The van der Waals surface area contributed by atoms with E-state index >= 15 is 0 Å². The molecule has 4 aliphatic carbocycles. The van der Waals surface area contributed by atoms with E-state index in [1.165, 1.54) is 19.3 Å². The van der Waals surface area contributed by atoms with Crippen molar-refractivity contribution in [3.8, 4) is 0 Å². The quantitative estimate of drug-likeness (QED) is 0.157. The number of Topliss-reactive ketones (excluding diaryl/α,β-unsaturated/α-hetero) is 1. The van der Waals surface area contributed by atoms with Gasteiger partial charge in [0.2, 0.25) is 0 Å². The molecule has 0 spiro atoms. The predicted molar refractivity (Wildman–Crippen MR) is 191 cm³/mol. The highest BCUT2D eigenvalue weighted by Gasteiger charge is 2.48. The van der Waals surface area contributed by atoms with E-state index in [9.17, 15) is 18.0 Å². The molecule has 0 aromatic heterocycles. The van der Waals surface area contributed by atoms with Gasteiger partial charge in [-0.15, -0.1) is 0 Å². The lowest BCUT2D eigenvalue weighted by Gasteiger charge is -2.43. The summed E-state index contributed by atoms with van der Waals surface area (Å²) in [6.45, 7) is 18.6. The van der Waals surface area contributed by atoms with Crippen LogP contribution in [0.1, 0.15) is 151 Å². The smallest absolute Gasteiger partial charge is 0.316 e. The zero-order chi connectivity index (χ0) is 34.3. The van der Waals surface area contributed by atoms with Crippen LogP contribution in [0.4, 0.5) is 13.2 Å². The number of ketones is 1. The Morgan fingerprint density at radius 2 is 1.57 bits per heavy atom. The molecule has 1 N–H and O–H groups in total. The SMILES string of the molecule is CC(C)CCNCC1CCCC=C(C(C)C2CC(C(=O)CC3CCC(CC4CCC(C)CC4)C(C(F)(F)F)C3)CCC2C)C1C(C)C. The summed E-state index contributed by atoms with van der Waals surface area (Å²) in [5.74, 6) is 3.85. The van der Waals surface area contributed by atoms with Gasteiger partial charge in [-0.25, -0.2) is 0 Å². The largest absolute Gasteiger partial charge is 0.392 e. The summed E-state index contributed by atoms with van der Waals surface area (Å²) in [5.41, 5.74) is 1.64. The highest BCUT2D eigenvalue weighted by molar-refractivity contribution is 5.81. The molecule has 9 atom stereocenters. The van der Waals surface area contributed by atoms with E-state index in [0.29, 0.717) is 60.2 Å². The van der Waals surface area contributed by atoms with Gasteiger partial charge in [-0.1, -0.05) is 85.8 Å². The molecule has 272 valence electrons. The number of carbonyl (C=O) groups is 1. The average Bonchev–Trinajstić information content (AvgIpc) is 3.23. The number of rotatable bonds is 13. The van der Waals surface area contributed by atoms with Gasteiger partial charge in [-0.05, 0) is 149 Å². The molecular weight excluding hydrogens is 591 g/mol. The van der Waals surface area contributed by atoms with Gasteiger partial charge in [0.1, 0.15) is 5.78 Å². The molecule has 3 saturated carbocycles. The molecule has 0 saturated heterocycles. The monoisotopic (exact) mass is 664 g/mol. The number of alkyl halides is 3. The number of halogens is 3. The topological polar surface area (TPSA) is 29.1 Å². The van der Waals surface area contributed by atoms with Crippen LogP contribution in [-0.2, 0) is 4.79 Å². The van der Waals surface area contributed by atoms with Crippen LogP contribution >= 0.6 is 0 Å². The minimum atomic E-state index is -4.16. The normalized spacial score (nSPS) is 36.6. The van der Waals surface area contributed by atoms with Crippen LogP contribution in [-0.4, -0.2) is 25.0 Å². The Labute approximate surface area is 287 Å². The third-order valence-electron chi connectivity index (χ3n) is 13.7. The highest BCUT2D eigenvalue weighted by atomic mass is 19.4. The van der Waals surface area contributed by atoms with Crippen LogP contribution in [0, 0.1) is 76.9 Å². The second-order valence-electron chi connectivity index (χ2n) is 18.1. The second kappa shape index (κ2) is 17.9. The lowest BCUT2D eigenvalue weighted by atomic mass is 9.62. The van der Waals surface area contributed by atoms with Gasteiger partial charge < -0.3 is 5.32 Å². The summed E-state index contributed by atoms with van der Waals surface area (Å²) < 4.78 is 43.2. The Morgan fingerprint density at radius 3 is 2.23 bits per heavy atom. The zero-order valence-electron chi connectivity index (χ0n) is 31.4. The number of hydrogen-bond acceptors (Lipinski definition) is 2. The van der Waals surface area contributed by atoms with Gasteiger partial charge in [0.25, 0.3) is 0 Å². The number of hydrogen-bond donors (Lipinski definition) is 1. The first-order valence-corrected chi connectivity index (χ1v) is 20.2. The van der Waals surface area contributed by atoms with Gasteiger partial charge in [-0.2, -0.15) is 13.2 Å². The summed E-state index contributed by atoms with van der Waals surface area (Å²) in [7, 11) is 0. The first-order valence-electron chi connectivity index (χ1n) is 20.2. The van der Waals surface area contributed by atoms with Gasteiger partial charge in [0, 0.05) is 12.3 Å². The third kappa shape index (κ3) is 11.1. The van der Waals surface area contributed by atoms with Crippen LogP contribution in [0.2, 0.25) is 0 Å². The Kier molecular flexibility index (Phi) is 14.8. The van der Waals surface area contributed by atoms with Crippen molar-refractivity contribution in [1.82, 2.24) is 5.32 Å². The average molecular weight is 664 g/mol. The molecule has 2 nitrogen and oxygen atoms in total. The van der Waals surface area contributed by atoms with E-state index < -0.39 is 12.1 Å². The molecule has 9 unspecified atom stereocenters. The van der Waals surface area contributed by atoms with Crippen molar-refractivity contribution in [3.63, 3.8) is 0 Å². The summed E-state index contributed by atoms with van der Waals surface area (Å²) in [6, 6.07) is 0. The van der Waals surface area contributed by atoms with Crippen molar-refractivity contribution in [1.29, 1.82) is 0 Å². The molecule has 4 aliphatic rings. The molecule has 0 heterocycles. The Morgan fingerprint density at radius 1 is 0.872 bits per heavy atom.